The quantitative estimate of drug-likeness (QED) is 0.345. The van der Waals surface area contributed by atoms with Crippen LogP contribution in [0.1, 0.15) is 11.1 Å². The van der Waals surface area contributed by atoms with Crippen molar-refractivity contribution in [1.29, 1.82) is 5.26 Å². The van der Waals surface area contributed by atoms with Crippen LogP contribution < -0.4 is 15.8 Å². The molecule has 0 spiro atoms. The van der Waals surface area contributed by atoms with Crippen LogP contribution in [0.25, 0.3) is 0 Å². The Labute approximate surface area is 157 Å². The molecule has 27 heavy (non-hydrogen) atoms. The highest BCUT2D eigenvalue weighted by atomic mass is 32.2. The molecule has 0 radical (unpaired) electrons. The fraction of sp³-hybridized carbons (Fsp3) is 0.167. The van der Waals surface area contributed by atoms with Gasteiger partial charge in [0.15, 0.2) is 0 Å². The number of nitriles is 1. The molecule has 0 bridgehead atoms. The normalized spacial score (nSPS) is 11.5. The maximum absolute atomic E-state index is 12.0. The summed E-state index contributed by atoms with van der Waals surface area (Å²) in [4.78, 5) is 16.0. The molecule has 0 aliphatic rings. The number of amides is 1. The molecule has 0 unspecified atom stereocenters. The maximum Gasteiger partial charge on any atom is 0.263 e. The van der Waals surface area contributed by atoms with Crippen LogP contribution in [0.3, 0.4) is 0 Å². The van der Waals surface area contributed by atoms with Crippen LogP contribution in [0.4, 0.5) is 0 Å². The van der Waals surface area contributed by atoms with E-state index in [1.54, 1.807) is 30.6 Å². The van der Waals surface area contributed by atoms with Gasteiger partial charge in [0.2, 0.25) is 10.0 Å². The van der Waals surface area contributed by atoms with Crippen molar-refractivity contribution in [3.8, 4) is 6.07 Å². The minimum Gasteiger partial charge on any atom is -0.389 e. The largest absolute Gasteiger partial charge is 0.389 e. The highest BCUT2D eigenvalue weighted by molar-refractivity contribution is 7.89. The van der Waals surface area contributed by atoms with E-state index in [9.17, 15) is 13.2 Å². The number of nitrogens with one attached hydrogen (secondary N) is 2. The van der Waals surface area contributed by atoms with E-state index in [0.29, 0.717) is 13.0 Å². The van der Waals surface area contributed by atoms with Crippen LogP contribution >= 0.6 is 0 Å². The summed E-state index contributed by atoms with van der Waals surface area (Å²) in [6, 6.07) is 11.6. The molecular formula is C18H19N5O3S. The number of aromatic nitrogens is 1. The summed E-state index contributed by atoms with van der Waals surface area (Å²) in [5.74, 6) is -0.480. The van der Waals surface area contributed by atoms with Gasteiger partial charge < -0.3 is 10.6 Å². The molecule has 1 aromatic carbocycles. The lowest BCUT2D eigenvalue weighted by molar-refractivity contribution is -0.117. The lowest BCUT2D eigenvalue weighted by Gasteiger charge is -2.06. The first-order chi connectivity index (χ1) is 12.9. The third-order valence-corrected chi connectivity index (χ3v) is 4.53. The fourth-order valence-corrected chi connectivity index (χ4v) is 2.68. The predicted octanol–water partition coefficient (Wildman–Crippen LogP) is 0.585. The molecule has 0 fully saturated rings. The Balaban J connectivity index is 1.82. The van der Waals surface area contributed by atoms with Gasteiger partial charge in [-0.1, -0.05) is 18.2 Å². The number of nitrogens with two attached hydrogens (primary N) is 1. The Hall–Kier alpha value is -3.22. The number of primary sulfonamides is 1. The molecular weight excluding hydrogens is 366 g/mol. The van der Waals surface area contributed by atoms with Crippen LogP contribution in [-0.2, 0) is 27.8 Å². The van der Waals surface area contributed by atoms with Gasteiger partial charge in [-0.2, -0.15) is 5.26 Å². The predicted molar refractivity (Wildman–Crippen MR) is 99.3 cm³/mol. The Bertz CT molecular complexity index is 949. The first-order valence-corrected chi connectivity index (χ1v) is 9.57. The van der Waals surface area contributed by atoms with Gasteiger partial charge in [-0.15, -0.1) is 0 Å². The van der Waals surface area contributed by atoms with E-state index in [1.807, 2.05) is 12.1 Å². The second kappa shape index (κ2) is 9.47. The molecule has 1 amide bonds. The minimum atomic E-state index is -3.70. The molecule has 9 heteroatoms. The van der Waals surface area contributed by atoms with Gasteiger partial charge in [-0.25, -0.2) is 13.6 Å². The van der Waals surface area contributed by atoms with E-state index in [-0.39, 0.29) is 17.0 Å². The molecule has 1 aromatic heterocycles. The fourth-order valence-electron chi connectivity index (χ4n) is 2.17. The van der Waals surface area contributed by atoms with Crippen LogP contribution in [0.2, 0.25) is 0 Å². The Morgan fingerprint density at radius 2 is 1.96 bits per heavy atom. The Morgan fingerprint density at radius 3 is 2.56 bits per heavy atom. The third kappa shape index (κ3) is 6.54. The molecule has 0 saturated carbocycles. The molecule has 0 saturated heterocycles. The van der Waals surface area contributed by atoms with E-state index in [0.717, 1.165) is 11.1 Å². The second-order valence-corrected chi connectivity index (χ2v) is 7.17. The molecule has 0 atom stereocenters. The summed E-state index contributed by atoms with van der Waals surface area (Å²) in [5.41, 5.74) is 1.69. The highest BCUT2D eigenvalue weighted by Gasteiger charge is 2.09. The van der Waals surface area contributed by atoms with Crippen molar-refractivity contribution < 1.29 is 13.2 Å². The number of sulfonamides is 1. The van der Waals surface area contributed by atoms with Crippen LogP contribution in [0.15, 0.2) is 65.5 Å². The van der Waals surface area contributed by atoms with E-state index in [4.69, 9.17) is 10.4 Å². The van der Waals surface area contributed by atoms with Gasteiger partial charge in [0.05, 0.1) is 4.90 Å². The molecule has 4 N–H and O–H groups in total. The summed E-state index contributed by atoms with van der Waals surface area (Å²) in [6.45, 7) is 0.748. The average Bonchev–Trinajstić information content (AvgIpc) is 2.66. The van der Waals surface area contributed by atoms with Gasteiger partial charge in [0, 0.05) is 31.7 Å². The van der Waals surface area contributed by atoms with E-state index >= 15 is 0 Å². The number of carbonyl (C=O) groups excluding carboxylic acids is 1. The number of hydrogen-bond acceptors (Lipinski definition) is 6. The lowest BCUT2D eigenvalue weighted by atomic mass is 10.1. The highest BCUT2D eigenvalue weighted by Crippen LogP contribution is 2.09. The summed E-state index contributed by atoms with van der Waals surface area (Å²) >= 11 is 0. The van der Waals surface area contributed by atoms with Crippen molar-refractivity contribution in [2.45, 2.75) is 17.9 Å². The topological polar surface area (TPSA) is 138 Å². The molecule has 2 rings (SSSR count). The number of benzene rings is 1. The van der Waals surface area contributed by atoms with Crippen molar-refractivity contribution in [2.24, 2.45) is 5.14 Å². The Morgan fingerprint density at radius 1 is 1.22 bits per heavy atom. The summed E-state index contributed by atoms with van der Waals surface area (Å²) in [6.07, 6.45) is 5.21. The van der Waals surface area contributed by atoms with Gasteiger partial charge in [-0.3, -0.25) is 9.78 Å². The molecule has 0 aliphatic carbocycles. The number of hydrogen-bond donors (Lipinski definition) is 3. The van der Waals surface area contributed by atoms with Crippen LogP contribution in [0.5, 0.6) is 0 Å². The molecule has 2 aromatic rings. The number of pyridine rings is 1. The van der Waals surface area contributed by atoms with Crippen molar-refractivity contribution >= 4 is 15.9 Å². The van der Waals surface area contributed by atoms with Gasteiger partial charge in [0.25, 0.3) is 5.91 Å². The summed E-state index contributed by atoms with van der Waals surface area (Å²) in [7, 11) is -3.70. The molecule has 1 heterocycles. The zero-order chi connectivity index (χ0) is 19.7. The molecule has 8 nitrogen and oxygen atoms in total. The second-order valence-electron chi connectivity index (χ2n) is 5.61. The molecule has 140 valence electrons. The van der Waals surface area contributed by atoms with E-state index < -0.39 is 15.9 Å². The number of rotatable bonds is 8. The van der Waals surface area contributed by atoms with Gasteiger partial charge >= 0.3 is 0 Å². The third-order valence-electron chi connectivity index (χ3n) is 3.60. The lowest BCUT2D eigenvalue weighted by Crippen LogP contribution is -2.25. The first-order valence-electron chi connectivity index (χ1n) is 8.02. The summed E-state index contributed by atoms with van der Waals surface area (Å²) < 4.78 is 22.4. The molecule has 0 aliphatic heterocycles. The van der Waals surface area contributed by atoms with Crippen LogP contribution in [0, 0.1) is 11.3 Å². The number of carbonyl (C=O) groups is 1. The van der Waals surface area contributed by atoms with Gasteiger partial charge in [-0.05, 0) is 35.7 Å². The van der Waals surface area contributed by atoms with E-state index in [2.05, 4.69) is 15.6 Å². The SMILES string of the molecule is N#C/C(=C/NCCc1ccc(S(N)(=O)=O)cc1)C(=O)NCc1cccnc1. The Kier molecular flexibility index (Phi) is 7.05. The van der Waals surface area contributed by atoms with Crippen molar-refractivity contribution in [3.63, 3.8) is 0 Å². The minimum absolute atomic E-state index is 0.0385. The van der Waals surface area contributed by atoms with Crippen molar-refractivity contribution in [1.82, 2.24) is 15.6 Å². The van der Waals surface area contributed by atoms with Crippen molar-refractivity contribution in [3.05, 3.63) is 71.7 Å². The van der Waals surface area contributed by atoms with E-state index in [1.165, 1.54) is 18.3 Å². The maximum atomic E-state index is 12.0. The zero-order valence-electron chi connectivity index (χ0n) is 14.4. The average molecular weight is 385 g/mol. The number of nitrogens with zero attached hydrogens (tertiary/aromatic N) is 2. The van der Waals surface area contributed by atoms with Crippen molar-refractivity contribution in [2.75, 3.05) is 6.54 Å². The van der Waals surface area contributed by atoms with Gasteiger partial charge in [0.1, 0.15) is 11.6 Å². The van der Waals surface area contributed by atoms with Crippen LogP contribution in [-0.4, -0.2) is 25.9 Å². The smallest absolute Gasteiger partial charge is 0.263 e. The monoisotopic (exact) mass is 385 g/mol. The first kappa shape index (κ1) is 20.1. The zero-order valence-corrected chi connectivity index (χ0v) is 15.2. The summed E-state index contributed by atoms with van der Waals surface area (Å²) in [5, 5.41) is 19.7. The standard InChI is InChI=1S/C18H19N5O3S/c19-10-16(18(24)23-12-15-2-1-8-21-11-15)13-22-9-7-14-3-5-17(6-4-14)27(20,25)26/h1-6,8,11,13,22H,7,9,12H2,(H,23,24)(H2,20,25,26)/b16-13-.